The third kappa shape index (κ3) is 3.87. The van der Waals surface area contributed by atoms with E-state index in [0.29, 0.717) is 45.3 Å². The number of hydrogen-bond acceptors (Lipinski definition) is 8. The largest absolute Gasteiger partial charge is 0.458 e. The Morgan fingerprint density at radius 2 is 2.03 bits per heavy atom. The molecule has 9 atom stereocenters. The molecule has 0 aromatic rings. The molecule has 9 unspecified atom stereocenters. The molecule has 4 fully saturated rings. The SMILES string of the molecule is C=CC1(C)CC(O)C2(C)C3C(=O)CCC3(CCC2(C)OC(=O)CN2CCNC(C#N)C2)C(C)C1O. The number of esters is 1. The Morgan fingerprint density at radius 3 is 2.69 bits per heavy atom. The van der Waals surface area contributed by atoms with E-state index in [1.165, 1.54) is 0 Å². The number of ketones is 1. The van der Waals surface area contributed by atoms with E-state index in [9.17, 15) is 25.1 Å². The van der Waals surface area contributed by atoms with E-state index < -0.39 is 45.9 Å². The van der Waals surface area contributed by atoms with E-state index in [0.717, 1.165) is 0 Å². The predicted octanol–water partition coefficient (Wildman–Crippen LogP) is 1.81. The van der Waals surface area contributed by atoms with Crippen LogP contribution >= 0.6 is 0 Å². The van der Waals surface area contributed by atoms with Gasteiger partial charge in [0.15, 0.2) is 0 Å². The molecule has 0 spiro atoms. The monoisotopic (exact) mass is 487 g/mol. The van der Waals surface area contributed by atoms with Crippen LogP contribution in [0.5, 0.6) is 0 Å². The highest BCUT2D eigenvalue weighted by Crippen LogP contribution is 2.69. The summed E-state index contributed by atoms with van der Waals surface area (Å²) in [6, 6.07) is 1.87. The summed E-state index contributed by atoms with van der Waals surface area (Å²) in [6.45, 7) is 13.5. The molecule has 4 aliphatic rings. The first kappa shape index (κ1) is 26.3. The van der Waals surface area contributed by atoms with Crippen LogP contribution < -0.4 is 5.32 Å². The summed E-state index contributed by atoms with van der Waals surface area (Å²) in [5.41, 5.74) is -3.25. The van der Waals surface area contributed by atoms with Crippen LogP contribution in [0.25, 0.3) is 0 Å². The van der Waals surface area contributed by atoms with Crippen LogP contribution in [0.1, 0.15) is 59.8 Å². The third-order valence-electron chi connectivity index (χ3n) is 10.5. The zero-order valence-corrected chi connectivity index (χ0v) is 21.5. The van der Waals surface area contributed by atoms with Gasteiger partial charge in [-0.25, -0.2) is 0 Å². The molecule has 1 saturated heterocycles. The molecule has 0 aromatic carbocycles. The molecule has 0 aromatic heterocycles. The lowest BCUT2D eigenvalue weighted by Crippen LogP contribution is -2.69. The zero-order valence-electron chi connectivity index (χ0n) is 21.5. The number of aliphatic hydroxyl groups is 2. The van der Waals surface area contributed by atoms with Crippen molar-refractivity contribution in [2.75, 3.05) is 26.2 Å². The van der Waals surface area contributed by atoms with Crippen molar-refractivity contribution in [2.24, 2.45) is 28.1 Å². The molecule has 3 N–H and O–H groups in total. The third-order valence-corrected chi connectivity index (χ3v) is 10.5. The summed E-state index contributed by atoms with van der Waals surface area (Å²) >= 11 is 0. The normalized spacial score (nSPS) is 48.3. The standard InChI is InChI=1S/C27H41N3O5/c1-6-24(3)13-20(32)26(5)22-19(31)7-8-27(22,17(2)23(24)34)10-9-25(26,4)35-21(33)16-30-12-11-29-18(14-28)15-30/h6,17-18,20,22-23,29,32,34H,1,7-13,15-16H2,2-5H3. The molecule has 8 heteroatoms. The van der Waals surface area contributed by atoms with Crippen LogP contribution in [0.2, 0.25) is 0 Å². The molecule has 0 radical (unpaired) electrons. The van der Waals surface area contributed by atoms with Gasteiger partial charge in [0, 0.05) is 42.8 Å². The van der Waals surface area contributed by atoms with Crippen LogP contribution in [0, 0.1) is 39.4 Å². The van der Waals surface area contributed by atoms with Gasteiger partial charge in [-0.3, -0.25) is 19.8 Å². The van der Waals surface area contributed by atoms with Crippen molar-refractivity contribution in [1.82, 2.24) is 10.2 Å². The number of carbonyl (C=O) groups excluding carboxylic acids is 2. The quantitative estimate of drug-likeness (QED) is 0.405. The maximum absolute atomic E-state index is 13.5. The molecule has 1 aliphatic heterocycles. The van der Waals surface area contributed by atoms with E-state index in [1.54, 1.807) is 6.08 Å². The van der Waals surface area contributed by atoms with Crippen molar-refractivity contribution in [3.05, 3.63) is 12.7 Å². The van der Waals surface area contributed by atoms with Crippen LogP contribution in [0.4, 0.5) is 0 Å². The Bertz CT molecular complexity index is 934. The second kappa shape index (κ2) is 8.95. The number of nitrogens with zero attached hydrogens (tertiary/aromatic N) is 2. The highest BCUT2D eigenvalue weighted by atomic mass is 16.6. The van der Waals surface area contributed by atoms with Gasteiger partial charge in [-0.15, -0.1) is 6.58 Å². The maximum atomic E-state index is 13.5. The first-order valence-corrected chi connectivity index (χ1v) is 13.0. The Labute approximate surface area is 208 Å². The van der Waals surface area contributed by atoms with E-state index in [1.807, 2.05) is 32.6 Å². The van der Waals surface area contributed by atoms with Gasteiger partial charge in [0.1, 0.15) is 17.4 Å². The van der Waals surface area contributed by atoms with Crippen LogP contribution in [0.3, 0.4) is 0 Å². The summed E-state index contributed by atoms with van der Waals surface area (Å²) in [5.74, 6) is -0.983. The molecule has 3 aliphatic carbocycles. The highest BCUT2D eigenvalue weighted by molar-refractivity contribution is 5.86. The van der Waals surface area contributed by atoms with Crippen LogP contribution in [0.15, 0.2) is 12.7 Å². The minimum absolute atomic E-state index is 0.0604. The number of nitrogens with one attached hydrogen (secondary N) is 1. The van der Waals surface area contributed by atoms with Crippen LogP contribution in [-0.2, 0) is 14.3 Å². The molecule has 8 nitrogen and oxygen atoms in total. The van der Waals surface area contributed by atoms with Crippen LogP contribution in [-0.4, -0.2) is 76.9 Å². The summed E-state index contributed by atoms with van der Waals surface area (Å²) in [4.78, 5) is 28.6. The van der Waals surface area contributed by atoms with E-state index in [4.69, 9.17) is 4.74 Å². The summed E-state index contributed by atoms with van der Waals surface area (Å²) < 4.78 is 6.24. The van der Waals surface area contributed by atoms with Gasteiger partial charge in [-0.2, -0.15) is 5.26 Å². The van der Waals surface area contributed by atoms with Crippen molar-refractivity contribution in [2.45, 2.75) is 83.6 Å². The Hall–Kier alpha value is -1.79. The van der Waals surface area contributed by atoms with Gasteiger partial charge in [-0.05, 0) is 43.9 Å². The van der Waals surface area contributed by atoms with Crippen molar-refractivity contribution in [3.8, 4) is 6.07 Å². The van der Waals surface area contributed by atoms with Gasteiger partial charge in [0.05, 0.1) is 24.8 Å². The van der Waals surface area contributed by atoms with Crippen molar-refractivity contribution in [3.63, 3.8) is 0 Å². The molecule has 194 valence electrons. The number of aliphatic hydroxyl groups excluding tert-OH is 2. The Morgan fingerprint density at radius 1 is 1.31 bits per heavy atom. The molecular formula is C27H41N3O5. The summed E-state index contributed by atoms with van der Waals surface area (Å²) in [7, 11) is 0. The van der Waals surface area contributed by atoms with Gasteiger partial charge in [-0.1, -0.05) is 26.8 Å². The fraction of sp³-hybridized carbons (Fsp3) is 0.815. The van der Waals surface area contributed by atoms with Gasteiger partial charge < -0.3 is 14.9 Å². The fourth-order valence-electron chi connectivity index (χ4n) is 7.98. The van der Waals surface area contributed by atoms with Gasteiger partial charge in [0.2, 0.25) is 0 Å². The number of carbonyl (C=O) groups is 2. The molecule has 3 saturated carbocycles. The number of rotatable bonds is 4. The topological polar surface area (TPSA) is 123 Å². The first-order chi connectivity index (χ1) is 16.4. The van der Waals surface area contributed by atoms with Gasteiger partial charge >= 0.3 is 5.97 Å². The lowest BCUT2D eigenvalue weighted by Gasteiger charge is -2.64. The molecule has 2 bridgehead atoms. The molecular weight excluding hydrogens is 446 g/mol. The minimum atomic E-state index is -1.05. The Kier molecular flexibility index (Phi) is 6.72. The molecule has 1 heterocycles. The summed E-state index contributed by atoms with van der Waals surface area (Å²) in [6.07, 6.45) is 2.49. The lowest BCUT2D eigenvalue weighted by atomic mass is 9.42. The maximum Gasteiger partial charge on any atom is 0.320 e. The molecule has 4 rings (SSSR count). The predicted molar refractivity (Wildman–Crippen MR) is 130 cm³/mol. The van der Waals surface area contributed by atoms with Crippen molar-refractivity contribution >= 4 is 11.8 Å². The average molecular weight is 488 g/mol. The number of Topliss-reactive ketones (excluding diaryl/α,β-unsaturated/α-hetero) is 1. The number of hydrogen-bond donors (Lipinski definition) is 3. The van der Waals surface area contributed by atoms with E-state index in [-0.39, 0.29) is 30.7 Å². The lowest BCUT2D eigenvalue weighted by molar-refractivity contribution is -0.252. The van der Waals surface area contributed by atoms with Crippen molar-refractivity contribution in [1.29, 1.82) is 5.26 Å². The number of nitriles is 1. The van der Waals surface area contributed by atoms with Crippen molar-refractivity contribution < 1.29 is 24.5 Å². The smallest absolute Gasteiger partial charge is 0.320 e. The van der Waals surface area contributed by atoms with Gasteiger partial charge in [0.25, 0.3) is 0 Å². The number of ether oxygens (including phenoxy) is 1. The second-order valence-electron chi connectivity index (χ2n) is 12.2. The molecule has 0 amide bonds. The average Bonchev–Trinajstić information content (AvgIpc) is 3.18. The molecule has 35 heavy (non-hydrogen) atoms. The van der Waals surface area contributed by atoms with E-state index in [2.05, 4.69) is 18.0 Å². The fourth-order valence-corrected chi connectivity index (χ4v) is 7.98. The first-order valence-electron chi connectivity index (χ1n) is 13.0. The Balaban J connectivity index is 1.69. The highest BCUT2D eigenvalue weighted by Gasteiger charge is 2.72. The van der Waals surface area contributed by atoms with E-state index >= 15 is 0 Å². The summed E-state index contributed by atoms with van der Waals surface area (Å²) in [5, 5.41) is 35.6. The zero-order chi connectivity index (χ0) is 25.8. The second-order valence-corrected chi connectivity index (χ2v) is 12.2. The number of piperazine rings is 1. The minimum Gasteiger partial charge on any atom is -0.458 e.